The van der Waals surface area contributed by atoms with E-state index in [1.54, 1.807) is 18.3 Å². The number of hydrogen-bond acceptors (Lipinski definition) is 4. The van der Waals surface area contributed by atoms with Crippen molar-refractivity contribution in [3.63, 3.8) is 0 Å². The zero-order chi connectivity index (χ0) is 15.5. The van der Waals surface area contributed by atoms with Gasteiger partial charge in [0.2, 0.25) is 5.89 Å². The molecule has 0 aliphatic heterocycles. The average Bonchev–Trinajstić information content (AvgIpc) is 3.09. The van der Waals surface area contributed by atoms with Crippen LogP contribution in [0.5, 0.6) is 0 Å². The Labute approximate surface area is 128 Å². The molecule has 1 aromatic heterocycles. The number of oxazole rings is 1. The van der Waals surface area contributed by atoms with Crippen molar-refractivity contribution < 1.29 is 14.3 Å². The van der Waals surface area contributed by atoms with Crippen LogP contribution in [0.2, 0.25) is 0 Å². The summed E-state index contributed by atoms with van der Waals surface area (Å²) in [6.07, 6.45) is 3.69. The molecule has 0 bridgehead atoms. The van der Waals surface area contributed by atoms with Gasteiger partial charge in [-0.05, 0) is 44.4 Å². The molecule has 0 radical (unpaired) electrons. The summed E-state index contributed by atoms with van der Waals surface area (Å²) in [5.41, 5.74) is 1.45. The van der Waals surface area contributed by atoms with E-state index in [9.17, 15) is 9.90 Å². The van der Waals surface area contributed by atoms with Gasteiger partial charge in [0.05, 0.1) is 18.3 Å². The maximum absolute atomic E-state index is 12.0. The average molecular weight is 301 g/mol. The molecule has 2 amide bonds. The topological polar surface area (TPSA) is 87.4 Å². The van der Waals surface area contributed by atoms with Gasteiger partial charge < -0.3 is 20.2 Å². The van der Waals surface area contributed by atoms with Crippen LogP contribution in [-0.4, -0.2) is 28.3 Å². The minimum Gasteiger partial charge on any atom is -0.441 e. The Morgan fingerprint density at radius 3 is 2.95 bits per heavy atom. The highest BCUT2D eigenvalue weighted by Crippen LogP contribution is 2.23. The Kier molecular flexibility index (Phi) is 4.11. The van der Waals surface area contributed by atoms with Crippen LogP contribution in [0, 0.1) is 6.92 Å². The predicted octanol–water partition coefficient (Wildman–Crippen LogP) is 2.68. The first-order valence-electron chi connectivity index (χ1n) is 7.40. The molecule has 6 heteroatoms. The quantitative estimate of drug-likeness (QED) is 0.813. The minimum atomic E-state index is -0.452. The van der Waals surface area contributed by atoms with Crippen molar-refractivity contribution in [1.82, 2.24) is 10.3 Å². The number of urea groups is 1. The maximum atomic E-state index is 12.0. The number of amides is 2. The number of aromatic nitrogens is 1. The third kappa shape index (κ3) is 3.28. The lowest BCUT2D eigenvalue weighted by Gasteiger charge is -2.17. The fraction of sp³-hybridized carbons (Fsp3) is 0.375. The summed E-state index contributed by atoms with van der Waals surface area (Å²) in [7, 11) is 0. The van der Waals surface area contributed by atoms with Gasteiger partial charge in [0.25, 0.3) is 0 Å². The summed E-state index contributed by atoms with van der Waals surface area (Å²) in [4.78, 5) is 16.2. The summed E-state index contributed by atoms with van der Waals surface area (Å²) in [5.74, 6) is 1.26. The third-order valence-electron chi connectivity index (χ3n) is 3.78. The summed E-state index contributed by atoms with van der Waals surface area (Å²) in [6, 6.07) is 6.81. The van der Waals surface area contributed by atoms with E-state index in [0.717, 1.165) is 30.6 Å². The number of carbonyl (C=O) groups excluding carboxylic acids is 1. The van der Waals surface area contributed by atoms with E-state index in [0.29, 0.717) is 11.6 Å². The fourth-order valence-electron chi connectivity index (χ4n) is 2.66. The molecular weight excluding hydrogens is 282 g/mol. The second kappa shape index (κ2) is 6.19. The molecule has 116 valence electrons. The molecule has 1 heterocycles. The lowest BCUT2D eigenvalue weighted by atomic mass is 10.2. The van der Waals surface area contributed by atoms with Crippen molar-refractivity contribution in [2.75, 3.05) is 5.32 Å². The monoisotopic (exact) mass is 301 g/mol. The molecule has 6 nitrogen and oxygen atoms in total. The summed E-state index contributed by atoms with van der Waals surface area (Å²) < 4.78 is 5.48. The molecule has 1 fully saturated rings. The molecular formula is C16H19N3O3. The van der Waals surface area contributed by atoms with Crippen LogP contribution in [0.4, 0.5) is 10.5 Å². The van der Waals surface area contributed by atoms with E-state index >= 15 is 0 Å². The van der Waals surface area contributed by atoms with Crippen molar-refractivity contribution in [1.29, 1.82) is 0 Å². The second-order valence-electron chi connectivity index (χ2n) is 5.56. The molecule has 0 spiro atoms. The van der Waals surface area contributed by atoms with E-state index in [1.807, 2.05) is 19.1 Å². The molecule has 3 N–H and O–H groups in total. The molecule has 2 aromatic rings. The summed E-state index contributed by atoms with van der Waals surface area (Å²) in [6.45, 7) is 1.83. The van der Waals surface area contributed by atoms with Crippen molar-refractivity contribution in [2.45, 2.75) is 38.3 Å². The molecule has 3 rings (SSSR count). The van der Waals surface area contributed by atoms with Gasteiger partial charge in [0.15, 0.2) is 0 Å². The molecule has 0 saturated heterocycles. The van der Waals surface area contributed by atoms with Crippen LogP contribution in [0.1, 0.15) is 25.0 Å². The number of rotatable bonds is 3. The Hall–Kier alpha value is -2.34. The number of aryl methyl sites for hydroxylation is 1. The lowest BCUT2D eigenvalue weighted by molar-refractivity contribution is 0.151. The Morgan fingerprint density at radius 1 is 1.41 bits per heavy atom. The number of nitrogens with zero attached hydrogens (tertiary/aromatic N) is 1. The normalized spacial score (nSPS) is 20.8. The number of hydrogen-bond donors (Lipinski definition) is 3. The Morgan fingerprint density at radius 2 is 2.27 bits per heavy atom. The molecule has 0 unspecified atom stereocenters. The highest BCUT2D eigenvalue weighted by Gasteiger charge is 2.26. The van der Waals surface area contributed by atoms with Gasteiger partial charge in [-0.25, -0.2) is 9.78 Å². The van der Waals surface area contributed by atoms with Crippen molar-refractivity contribution in [3.8, 4) is 11.5 Å². The minimum absolute atomic E-state index is 0.169. The third-order valence-corrected chi connectivity index (χ3v) is 3.78. The highest BCUT2D eigenvalue weighted by atomic mass is 16.4. The maximum Gasteiger partial charge on any atom is 0.319 e. The van der Waals surface area contributed by atoms with E-state index in [4.69, 9.17) is 4.42 Å². The number of anilines is 1. The van der Waals surface area contributed by atoms with Crippen LogP contribution in [0.15, 0.2) is 34.9 Å². The van der Waals surface area contributed by atoms with Gasteiger partial charge in [-0.15, -0.1) is 0 Å². The lowest BCUT2D eigenvalue weighted by Crippen LogP contribution is -2.42. The van der Waals surface area contributed by atoms with Crippen molar-refractivity contribution >= 4 is 11.7 Å². The first-order chi connectivity index (χ1) is 10.6. The van der Waals surface area contributed by atoms with E-state index in [2.05, 4.69) is 15.6 Å². The first-order valence-corrected chi connectivity index (χ1v) is 7.40. The predicted molar refractivity (Wildman–Crippen MR) is 82.5 cm³/mol. The SMILES string of the molecule is Cc1cnc(-c2cccc(NC(=O)N[C@H]3CCC[C@@H]3O)c2)o1. The summed E-state index contributed by atoms with van der Waals surface area (Å²) >= 11 is 0. The smallest absolute Gasteiger partial charge is 0.319 e. The van der Waals surface area contributed by atoms with Crippen molar-refractivity contribution in [3.05, 3.63) is 36.2 Å². The van der Waals surface area contributed by atoms with Crippen LogP contribution in [0.3, 0.4) is 0 Å². The molecule has 2 atom stereocenters. The zero-order valence-corrected chi connectivity index (χ0v) is 12.4. The second-order valence-corrected chi connectivity index (χ2v) is 5.56. The first kappa shape index (κ1) is 14.6. The Balaban J connectivity index is 1.66. The van der Waals surface area contributed by atoms with Crippen LogP contribution in [0.25, 0.3) is 11.5 Å². The van der Waals surface area contributed by atoms with Gasteiger partial charge in [0, 0.05) is 11.3 Å². The van der Waals surface area contributed by atoms with E-state index in [1.165, 1.54) is 0 Å². The number of nitrogens with one attached hydrogen (secondary N) is 2. The fourth-order valence-corrected chi connectivity index (χ4v) is 2.66. The van der Waals surface area contributed by atoms with Gasteiger partial charge >= 0.3 is 6.03 Å². The molecule has 1 aromatic carbocycles. The molecule has 1 aliphatic rings. The number of aliphatic hydroxyl groups excluding tert-OH is 1. The van der Waals surface area contributed by atoms with Gasteiger partial charge in [-0.1, -0.05) is 6.07 Å². The van der Waals surface area contributed by atoms with Gasteiger partial charge in [0.1, 0.15) is 5.76 Å². The van der Waals surface area contributed by atoms with Gasteiger partial charge in [-0.3, -0.25) is 0 Å². The highest BCUT2D eigenvalue weighted by molar-refractivity contribution is 5.90. The number of carbonyl (C=O) groups is 1. The van der Waals surface area contributed by atoms with Crippen LogP contribution < -0.4 is 10.6 Å². The number of benzene rings is 1. The van der Waals surface area contributed by atoms with Gasteiger partial charge in [-0.2, -0.15) is 0 Å². The van der Waals surface area contributed by atoms with E-state index < -0.39 is 6.10 Å². The van der Waals surface area contributed by atoms with Crippen LogP contribution in [-0.2, 0) is 0 Å². The molecule has 1 aliphatic carbocycles. The van der Waals surface area contributed by atoms with E-state index in [-0.39, 0.29) is 12.1 Å². The van der Waals surface area contributed by atoms with Crippen molar-refractivity contribution in [2.24, 2.45) is 0 Å². The number of aliphatic hydroxyl groups is 1. The van der Waals surface area contributed by atoms with Crippen LogP contribution >= 0.6 is 0 Å². The standard InChI is InChI=1S/C16H19N3O3/c1-10-9-17-15(22-10)11-4-2-5-12(8-11)18-16(21)19-13-6-3-7-14(13)20/h2,4-5,8-9,13-14,20H,3,6-7H2,1H3,(H2,18,19,21)/t13-,14-/m0/s1. The largest absolute Gasteiger partial charge is 0.441 e. The summed E-state index contributed by atoms with van der Waals surface area (Å²) in [5, 5.41) is 15.3. The molecule has 1 saturated carbocycles. The zero-order valence-electron chi connectivity index (χ0n) is 12.4. The molecule has 22 heavy (non-hydrogen) atoms. The Bertz CT molecular complexity index is 668.